The second kappa shape index (κ2) is 6.34. The van der Waals surface area contributed by atoms with Crippen LogP contribution in [0.4, 0.5) is 0 Å². The molecule has 0 bridgehead atoms. The van der Waals surface area contributed by atoms with Crippen LogP contribution in [0.1, 0.15) is 41.7 Å². The van der Waals surface area contributed by atoms with E-state index in [2.05, 4.69) is 10.3 Å². The summed E-state index contributed by atoms with van der Waals surface area (Å²) in [5.74, 6) is -0.172. The molecular formula is C15H16Cl2N2OS. The van der Waals surface area contributed by atoms with Crippen LogP contribution in [0.3, 0.4) is 0 Å². The maximum atomic E-state index is 12.2. The van der Waals surface area contributed by atoms with Gasteiger partial charge in [-0.15, -0.1) is 11.3 Å². The van der Waals surface area contributed by atoms with E-state index in [-0.39, 0.29) is 11.3 Å². The van der Waals surface area contributed by atoms with Crippen LogP contribution in [0.2, 0.25) is 9.49 Å². The van der Waals surface area contributed by atoms with Crippen molar-refractivity contribution in [3.63, 3.8) is 0 Å². The number of pyridine rings is 1. The quantitative estimate of drug-likeness (QED) is 0.823. The third-order valence-corrected chi connectivity index (χ3v) is 4.30. The van der Waals surface area contributed by atoms with E-state index in [0.717, 1.165) is 10.6 Å². The molecule has 0 aromatic carbocycles. The molecule has 0 spiro atoms. The first kappa shape index (κ1) is 16.3. The maximum Gasteiger partial charge on any atom is 0.251 e. The predicted molar refractivity (Wildman–Crippen MR) is 88.4 cm³/mol. The van der Waals surface area contributed by atoms with Gasteiger partial charge in [-0.3, -0.25) is 4.79 Å². The molecule has 0 atom stereocenters. The van der Waals surface area contributed by atoms with Crippen molar-refractivity contribution in [3.8, 4) is 0 Å². The van der Waals surface area contributed by atoms with Gasteiger partial charge in [-0.2, -0.15) is 0 Å². The molecule has 1 N–H and O–H groups in total. The van der Waals surface area contributed by atoms with Gasteiger partial charge >= 0.3 is 0 Å². The molecule has 0 radical (unpaired) electrons. The smallest absolute Gasteiger partial charge is 0.251 e. The molecule has 3 nitrogen and oxygen atoms in total. The third-order valence-electron chi connectivity index (χ3n) is 2.88. The zero-order chi connectivity index (χ0) is 15.6. The summed E-state index contributed by atoms with van der Waals surface area (Å²) in [6, 6.07) is 7.07. The largest absolute Gasteiger partial charge is 0.347 e. The molecule has 1 amide bonds. The number of hydrogen-bond donors (Lipinski definition) is 1. The number of hydrogen-bond acceptors (Lipinski definition) is 3. The van der Waals surface area contributed by atoms with E-state index in [4.69, 9.17) is 23.2 Å². The molecule has 0 aliphatic carbocycles. The number of carbonyl (C=O) groups excluding carboxylic acids is 1. The summed E-state index contributed by atoms with van der Waals surface area (Å²) in [6.45, 7) is 6.53. The highest BCUT2D eigenvalue weighted by atomic mass is 35.5. The highest BCUT2D eigenvalue weighted by molar-refractivity contribution is 7.16. The Kier molecular flexibility index (Phi) is 4.91. The first-order chi connectivity index (χ1) is 9.75. The number of nitrogens with zero attached hydrogens (tertiary/aromatic N) is 1. The van der Waals surface area contributed by atoms with Crippen LogP contribution in [-0.4, -0.2) is 10.9 Å². The van der Waals surface area contributed by atoms with Crippen LogP contribution in [0.15, 0.2) is 24.3 Å². The second-order valence-corrected chi connectivity index (χ2v) is 7.89. The van der Waals surface area contributed by atoms with Gasteiger partial charge in [0.15, 0.2) is 0 Å². The van der Waals surface area contributed by atoms with Crippen molar-refractivity contribution in [3.05, 3.63) is 49.9 Å². The lowest BCUT2D eigenvalue weighted by atomic mass is 9.91. The van der Waals surface area contributed by atoms with Crippen LogP contribution in [0.25, 0.3) is 0 Å². The highest BCUT2D eigenvalue weighted by Crippen LogP contribution is 2.24. The number of carbonyl (C=O) groups is 1. The fourth-order valence-electron chi connectivity index (χ4n) is 1.73. The van der Waals surface area contributed by atoms with Gasteiger partial charge in [0.2, 0.25) is 0 Å². The predicted octanol–water partition coefficient (Wildman–Crippen LogP) is 4.68. The van der Waals surface area contributed by atoms with Crippen LogP contribution in [0.5, 0.6) is 0 Å². The minimum absolute atomic E-state index is 0.165. The summed E-state index contributed by atoms with van der Waals surface area (Å²) in [5, 5.41) is 3.19. The van der Waals surface area contributed by atoms with Gasteiger partial charge in [-0.05, 0) is 24.3 Å². The van der Waals surface area contributed by atoms with Gasteiger partial charge in [-0.1, -0.05) is 44.0 Å². The molecule has 0 aliphatic rings. The Labute approximate surface area is 138 Å². The van der Waals surface area contributed by atoms with Crippen molar-refractivity contribution in [2.45, 2.75) is 32.7 Å². The normalized spacial score (nSPS) is 11.5. The molecule has 0 unspecified atom stereocenters. The fraction of sp³-hybridized carbons (Fsp3) is 0.333. The molecule has 21 heavy (non-hydrogen) atoms. The zero-order valence-electron chi connectivity index (χ0n) is 12.0. The van der Waals surface area contributed by atoms with Crippen LogP contribution in [0, 0.1) is 0 Å². The summed E-state index contributed by atoms with van der Waals surface area (Å²) >= 11 is 13.3. The van der Waals surface area contributed by atoms with Crippen LogP contribution in [-0.2, 0) is 12.0 Å². The van der Waals surface area contributed by atoms with Crippen molar-refractivity contribution in [2.24, 2.45) is 0 Å². The Balaban J connectivity index is 2.13. The molecule has 2 heterocycles. The fourth-order valence-corrected chi connectivity index (χ4v) is 2.96. The average Bonchev–Trinajstić information content (AvgIpc) is 2.80. The van der Waals surface area contributed by atoms with Gasteiger partial charge in [0.1, 0.15) is 5.15 Å². The maximum absolute atomic E-state index is 12.2. The van der Waals surface area contributed by atoms with Crippen LogP contribution >= 0.6 is 34.5 Å². The lowest BCUT2D eigenvalue weighted by Crippen LogP contribution is -2.23. The standard InChI is InChI=1S/C15H16Cl2N2OS/c1-15(2,3)11-6-9(7-12(16)19-11)14(20)18-8-10-4-5-13(17)21-10/h4-7H,8H2,1-3H3,(H,18,20). The summed E-state index contributed by atoms with van der Waals surface area (Å²) in [5.41, 5.74) is 1.14. The number of amides is 1. The number of nitrogens with one attached hydrogen (secondary N) is 1. The average molecular weight is 343 g/mol. The first-order valence-electron chi connectivity index (χ1n) is 6.46. The van der Waals surface area contributed by atoms with Gasteiger partial charge in [0.25, 0.3) is 5.91 Å². The summed E-state index contributed by atoms with van der Waals surface area (Å²) in [6.07, 6.45) is 0. The van der Waals surface area contributed by atoms with Crippen molar-refractivity contribution in [1.29, 1.82) is 0 Å². The van der Waals surface area contributed by atoms with E-state index in [1.54, 1.807) is 12.1 Å². The molecule has 6 heteroatoms. The molecule has 0 saturated heterocycles. The first-order valence-corrected chi connectivity index (χ1v) is 8.03. The molecule has 2 rings (SSSR count). The highest BCUT2D eigenvalue weighted by Gasteiger charge is 2.19. The van der Waals surface area contributed by atoms with Crippen LogP contribution < -0.4 is 5.32 Å². The van der Waals surface area contributed by atoms with E-state index < -0.39 is 0 Å². The van der Waals surface area contributed by atoms with Crippen molar-refractivity contribution >= 4 is 40.4 Å². The number of aromatic nitrogens is 1. The Hall–Kier alpha value is -1.10. The van der Waals surface area contributed by atoms with Crippen molar-refractivity contribution < 1.29 is 4.79 Å². The molecule has 0 aliphatic heterocycles. The Bertz CT molecular complexity index is 662. The van der Waals surface area contributed by atoms with E-state index >= 15 is 0 Å². The summed E-state index contributed by atoms with van der Waals surface area (Å²) < 4.78 is 0.709. The summed E-state index contributed by atoms with van der Waals surface area (Å²) in [4.78, 5) is 17.5. The molecule has 112 valence electrons. The van der Waals surface area contributed by atoms with E-state index in [1.807, 2.05) is 32.9 Å². The van der Waals surface area contributed by atoms with Gasteiger partial charge in [0, 0.05) is 21.5 Å². The molecule has 0 fully saturated rings. The lowest BCUT2D eigenvalue weighted by Gasteiger charge is -2.18. The topological polar surface area (TPSA) is 42.0 Å². The van der Waals surface area contributed by atoms with Crippen molar-refractivity contribution in [1.82, 2.24) is 10.3 Å². The molecule has 2 aromatic rings. The molecule has 2 aromatic heterocycles. The zero-order valence-corrected chi connectivity index (χ0v) is 14.4. The minimum atomic E-state index is -0.172. The number of thiophene rings is 1. The van der Waals surface area contributed by atoms with Crippen molar-refractivity contribution in [2.75, 3.05) is 0 Å². The summed E-state index contributed by atoms with van der Waals surface area (Å²) in [7, 11) is 0. The van der Waals surface area contributed by atoms with E-state index in [9.17, 15) is 4.79 Å². The number of rotatable bonds is 3. The Morgan fingerprint density at radius 2 is 2.00 bits per heavy atom. The number of halogens is 2. The van der Waals surface area contributed by atoms with Gasteiger partial charge in [-0.25, -0.2) is 4.98 Å². The van der Waals surface area contributed by atoms with Gasteiger partial charge in [0.05, 0.1) is 10.9 Å². The van der Waals surface area contributed by atoms with Gasteiger partial charge < -0.3 is 5.32 Å². The lowest BCUT2D eigenvalue weighted by molar-refractivity contribution is 0.0951. The Morgan fingerprint density at radius 3 is 2.57 bits per heavy atom. The Morgan fingerprint density at radius 1 is 1.29 bits per heavy atom. The minimum Gasteiger partial charge on any atom is -0.347 e. The van der Waals surface area contributed by atoms with E-state index in [1.165, 1.54) is 11.3 Å². The monoisotopic (exact) mass is 342 g/mol. The third kappa shape index (κ3) is 4.43. The van der Waals surface area contributed by atoms with E-state index in [0.29, 0.717) is 21.6 Å². The molecular weight excluding hydrogens is 327 g/mol. The second-order valence-electron chi connectivity index (χ2n) is 5.70. The SMILES string of the molecule is CC(C)(C)c1cc(C(=O)NCc2ccc(Cl)s2)cc(Cl)n1. The molecule has 0 saturated carbocycles.